The number of hydrogen-bond acceptors (Lipinski definition) is 7. The second-order valence-corrected chi connectivity index (χ2v) is 8.73. The molecule has 6 nitrogen and oxygen atoms in total. The topological polar surface area (TPSA) is 90.9 Å². The lowest BCUT2D eigenvalue weighted by molar-refractivity contribution is -0.118. The molecule has 2 N–H and O–H groups in total. The molecule has 0 spiro atoms. The van der Waals surface area contributed by atoms with Gasteiger partial charge in [0.15, 0.2) is 16.8 Å². The van der Waals surface area contributed by atoms with E-state index in [9.17, 15) is 9.59 Å². The highest BCUT2D eigenvalue weighted by atomic mass is 32.2. The van der Waals surface area contributed by atoms with Gasteiger partial charge >= 0.3 is 0 Å². The molecule has 3 heterocycles. The number of thiophene rings is 2. The molecule has 3 aromatic heterocycles. The van der Waals surface area contributed by atoms with E-state index in [-0.39, 0.29) is 18.1 Å². The number of ketones is 1. The summed E-state index contributed by atoms with van der Waals surface area (Å²) in [4.78, 5) is 26.9. The van der Waals surface area contributed by atoms with Crippen molar-refractivity contribution in [3.8, 4) is 10.7 Å². The van der Waals surface area contributed by atoms with E-state index in [1.54, 1.807) is 15.9 Å². The van der Waals surface area contributed by atoms with Crippen molar-refractivity contribution >= 4 is 46.1 Å². The van der Waals surface area contributed by atoms with Crippen LogP contribution in [0.3, 0.4) is 0 Å². The number of aryl methyl sites for hydroxylation is 2. The predicted octanol–water partition coefficient (Wildman–Crippen LogP) is 3.15. The van der Waals surface area contributed by atoms with Gasteiger partial charge in [-0.1, -0.05) is 17.8 Å². The fourth-order valence-electron chi connectivity index (χ4n) is 2.40. The smallest absolute Gasteiger partial charge is 0.237 e. The Hall–Kier alpha value is -1.97. The quantitative estimate of drug-likeness (QED) is 0.493. The maximum atomic E-state index is 12.5. The first-order valence-electron chi connectivity index (χ1n) is 7.44. The van der Waals surface area contributed by atoms with Crippen LogP contribution in [0.4, 0.5) is 0 Å². The standard InChI is InChI=1S/C16H16N4O2S3/c1-9-6-11(10(2)25-9)12(21)8-24-16-19-18-15(13-4-3-5-23-13)20(16)7-14(17)22/h3-6H,7-8H2,1-2H3,(H2,17,22). The molecule has 0 radical (unpaired) electrons. The largest absolute Gasteiger partial charge is 0.368 e. The molecule has 130 valence electrons. The molecule has 0 bridgehead atoms. The summed E-state index contributed by atoms with van der Waals surface area (Å²) in [5.41, 5.74) is 6.10. The second-order valence-electron chi connectivity index (χ2n) is 5.37. The molecule has 0 aliphatic heterocycles. The van der Waals surface area contributed by atoms with Crippen LogP contribution < -0.4 is 5.73 Å². The van der Waals surface area contributed by atoms with Gasteiger partial charge in [0.1, 0.15) is 6.54 Å². The zero-order valence-electron chi connectivity index (χ0n) is 13.7. The Labute approximate surface area is 157 Å². The second kappa shape index (κ2) is 7.51. The number of Topliss-reactive ketones (excluding diaryl/α,β-unsaturated/α-hetero) is 1. The number of nitrogens with zero attached hydrogens (tertiary/aromatic N) is 3. The van der Waals surface area contributed by atoms with Crippen molar-refractivity contribution in [1.29, 1.82) is 0 Å². The van der Waals surface area contributed by atoms with Gasteiger partial charge in [0, 0.05) is 15.3 Å². The number of thioether (sulfide) groups is 1. The normalized spacial score (nSPS) is 11.0. The Balaban J connectivity index is 1.81. The van der Waals surface area contributed by atoms with Crippen LogP contribution in [0.2, 0.25) is 0 Å². The molecule has 0 fully saturated rings. The summed E-state index contributed by atoms with van der Waals surface area (Å²) in [6.07, 6.45) is 0. The van der Waals surface area contributed by atoms with Crippen molar-refractivity contribution in [1.82, 2.24) is 14.8 Å². The van der Waals surface area contributed by atoms with Gasteiger partial charge in [-0.25, -0.2) is 0 Å². The predicted molar refractivity (Wildman–Crippen MR) is 101 cm³/mol. The highest BCUT2D eigenvalue weighted by Gasteiger charge is 2.19. The maximum absolute atomic E-state index is 12.5. The molecule has 0 saturated heterocycles. The van der Waals surface area contributed by atoms with Crippen molar-refractivity contribution in [3.05, 3.63) is 38.9 Å². The van der Waals surface area contributed by atoms with Gasteiger partial charge in [-0.15, -0.1) is 32.9 Å². The monoisotopic (exact) mass is 392 g/mol. The third kappa shape index (κ3) is 4.00. The van der Waals surface area contributed by atoms with Crippen LogP contribution in [-0.2, 0) is 11.3 Å². The first-order chi connectivity index (χ1) is 12.0. The van der Waals surface area contributed by atoms with Crippen molar-refractivity contribution in [2.75, 3.05) is 5.75 Å². The van der Waals surface area contributed by atoms with E-state index in [2.05, 4.69) is 10.2 Å². The van der Waals surface area contributed by atoms with Gasteiger partial charge < -0.3 is 5.73 Å². The summed E-state index contributed by atoms with van der Waals surface area (Å²) >= 11 is 4.39. The number of nitrogens with two attached hydrogens (primary N) is 1. The number of carbonyl (C=O) groups is 2. The zero-order valence-corrected chi connectivity index (χ0v) is 16.1. The van der Waals surface area contributed by atoms with Gasteiger partial charge in [-0.2, -0.15) is 0 Å². The minimum absolute atomic E-state index is 0.0205. The van der Waals surface area contributed by atoms with Crippen LogP contribution >= 0.6 is 34.4 Å². The Morgan fingerprint density at radius 2 is 2.12 bits per heavy atom. The first-order valence-corrected chi connectivity index (χ1v) is 10.1. The van der Waals surface area contributed by atoms with Gasteiger partial charge in [0.05, 0.1) is 10.6 Å². The molecule has 9 heteroatoms. The molecule has 1 amide bonds. The van der Waals surface area contributed by atoms with Crippen molar-refractivity contribution in [3.63, 3.8) is 0 Å². The SMILES string of the molecule is Cc1cc(C(=O)CSc2nnc(-c3cccs3)n2CC(N)=O)c(C)s1. The van der Waals surface area contributed by atoms with Gasteiger partial charge in [-0.05, 0) is 31.4 Å². The summed E-state index contributed by atoms with van der Waals surface area (Å²) in [6.45, 7) is 3.91. The van der Waals surface area contributed by atoms with E-state index in [0.717, 1.165) is 20.2 Å². The lowest BCUT2D eigenvalue weighted by atomic mass is 10.2. The van der Waals surface area contributed by atoms with Crippen LogP contribution in [0.5, 0.6) is 0 Å². The lowest BCUT2D eigenvalue weighted by Gasteiger charge is -2.06. The Bertz CT molecular complexity index is 912. The third-order valence-electron chi connectivity index (χ3n) is 3.45. The number of aromatic nitrogens is 3. The molecule has 0 unspecified atom stereocenters. The van der Waals surface area contributed by atoms with Crippen LogP contribution in [0, 0.1) is 13.8 Å². The summed E-state index contributed by atoms with van der Waals surface area (Å²) in [5, 5.41) is 10.8. The van der Waals surface area contributed by atoms with Crippen LogP contribution in [-0.4, -0.2) is 32.2 Å². The van der Waals surface area contributed by atoms with E-state index in [4.69, 9.17) is 5.73 Å². The Morgan fingerprint density at radius 1 is 1.32 bits per heavy atom. The van der Waals surface area contributed by atoms with Gasteiger partial charge in [-0.3, -0.25) is 14.2 Å². The van der Waals surface area contributed by atoms with Gasteiger partial charge in [0.25, 0.3) is 0 Å². The summed E-state index contributed by atoms with van der Waals surface area (Å²) in [7, 11) is 0. The minimum atomic E-state index is -0.477. The molecule has 3 rings (SSSR count). The fraction of sp³-hybridized carbons (Fsp3) is 0.250. The van der Waals surface area contributed by atoms with Gasteiger partial charge in [0.2, 0.25) is 5.91 Å². The van der Waals surface area contributed by atoms with Crippen molar-refractivity contribution in [2.24, 2.45) is 5.73 Å². The van der Waals surface area contributed by atoms with E-state index in [1.807, 2.05) is 37.4 Å². The zero-order chi connectivity index (χ0) is 18.0. The molecule has 0 aliphatic rings. The molecule has 0 aliphatic carbocycles. The van der Waals surface area contributed by atoms with Crippen LogP contribution in [0.25, 0.3) is 10.7 Å². The highest BCUT2D eigenvalue weighted by molar-refractivity contribution is 7.99. The maximum Gasteiger partial charge on any atom is 0.237 e. The first kappa shape index (κ1) is 17.8. The summed E-state index contributed by atoms with van der Waals surface area (Å²) < 4.78 is 1.66. The summed E-state index contributed by atoms with van der Waals surface area (Å²) in [5.74, 6) is 0.387. The number of primary amides is 1. The third-order valence-corrected chi connectivity index (χ3v) is 6.24. The number of hydrogen-bond donors (Lipinski definition) is 1. The minimum Gasteiger partial charge on any atom is -0.368 e. The summed E-state index contributed by atoms with van der Waals surface area (Å²) in [6, 6.07) is 5.72. The number of rotatable bonds is 7. The lowest BCUT2D eigenvalue weighted by Crippen LogP contribution is -2.20. The van der Waals surface area contributed by atoms with Crippen LogP contribution in [0.1, 0.15) is 20.1 Å². The molecule has 25 heavy (non-hydrogen) atoms. The van der Waals surface area contributed by atoms with Crippen LogP contribution in [0.15, 0.2) is 28.7 Å². The molecule has 3 aromatic rings. The van der Waals surface area contributed by atoms with E-state index in [1.165, 1.54) is 23.1 Å². The Morgan fingerprint density at radius 3 is 2.72 bits per heavy atom. The van der Waals surface area contributed by atoms with Crippen molar-refractivity contribution in [2.45, 2.75) is 25.5 Å². The van der Waals surface area contributed by atoms with Crippen molar-refractivity contribution < 1.29 is 9.59 Å². The molecule has 0 saturated carbocycles. The van der Waals surface area contributed by atoms with E-state index >= 15 is 0 Å². The molecular formula is C16H16N4O2S3. The average molecular weight is 393 g/mol. The van der Waals surface area contributed by atoms with E-state index in [0.29, 0.717) is 11.0 Å². The van der Waals surface area contributed by atoms with E-state index < -0.39 is 5.91 Å². The number of amides is 1. The average Bonchev–Trinajstić information content (AvgIpc) is 3.25. The molecule has 0 aromatic carbocycles. The number of carbonyl (C=O) groups excluding carboxylic acids is 2. The Kier molecular flexibility index (Phi) is 5.36. The fourth-order valence-corrected chi connectivity index (χ4v) is 4.88. The highest BCUT2D eigenvalue weighted by Crippen LogP contribution is 2.28. The molecule has 0 atom stereocenters. The molecular weight excluding hydrogens is 376 g/mol.